The molecule has 0 rings (SSSR count). The Bertz CT molecular complexity index is 741. The fourth-order valence-corrected chi connectivity index (χ4v) is 5.06. The maximum atomic E-state index is 12.1. The second-order valence-corrected chi connectivity index (χ2v) is 12.0. The highest BCUT2D eigenvalue weighted by Crippen LogP contribution is 2.45. The molecule has 12 nitrogen and oxygen atoms in total. The number of nitrogens with two attached hydrogens (primary N) is 1. The molecule has 0 bridgehead atoms. The van der Waals surface area contributed by atoms with Crippen molar-refractivity contribution >= 4 is 25.7 Å². The summed E-state index contributed by atoms with van der Waals surface area (Å²) < 4.78 is 20.3. The molecule has 1 amide bonds. The van der Waals surface area contributed by atoms with E-state index in [-0.39, 0.29) is 36.4 Å². The number of likely N-dealkylation sites (N-methyl/N-ethyl adjacent to an activating group) is 1. The smallest absolute Gasteiger partial charge is 0.529 e. The minimum Gasteiger partial charge on any atom is -0.544 e. The predicted octanol–water partition coefficient (Wildman–Crippen LogP) is 2.03. The van der Waals surface area contributed by atoms with Gasteiger partial charge in [0, 0.05) is 18.9 Å². The van der Waals surface area contributed by atoms with Crippen molar-refractivity contribution < 1.29 is 52.7 Å². The van der Waals surface area contributed by atoms with E-state index in [1.165, 1.54) is 66.1 Å². The highest BCUT2D eigenvalue weighted by Gasteiger charge is 2.53. The fourth-order valence-electron chi connectivity index (χ4n) is 4.32. The van der Waals surface area contributed by atoms with Crippen LogP contribution in [0.15, 0.2) is 0 Å². The number of nitrogens with zero attached hydrogens (tertiary/aromatic N) is 1. The third-order valence-corrected chi connectivity index (χ3v) is 7.60. The molecule has 0 aliphatic heterocycles. The highest BCUT2D eigenvalue weighted by molar-refractivity contribution is 7.48. The zero-order valence-electron chi connectivity index (χ0n) is 24.6. The van der Waals surface area contributed by atoms with Crippen LogP contribution < -0.4 is 10.8 Å². The normalized spacial score (nSPS) is 15.3. The van der Waals surface area contributed by atoms with Gasteiger partial charge in [0.2, 0.25) is 5.91 Å². The SMILES string of the molecule is CCC(CO)C(CC(=O)OP(=O)(O)OCCCO)(C(=O)[O-])[N+](C)(C)C.CCCCCCCCCCCC(N)=O. The van der Waals surface area contributed by atoms with Gasteiger partial charge in [-0.15, -0.1) is 0 Å². The summed E-state index contributed by atoms with van der Waals surface area (Å²) in [5, 5.41) is 30.1. The summed E-state index contributed by atoms with van der Waals surface area (Å²) >= 11 is 0. The van der Waals surface area contributed by atoms with Crippen LogP contribution in [0, 0.1) is 5.92 Å². The molecule has 0 saturated carbocycles. The first-order valence-corrected chi connectivity index (χ1v) is 15.4. The number of primary amides is 1. The Balaban J connectivity index is 0. The molecule has 0 aromatic rings. The third-order valence-electron chi connectivity index (χ3n) is 6.65. The summed E-state index contributed by atoms with van der Waals surface area (Å²) in [6.07, 6.45) is 11.6. The number of amides is 1. The number of unbranched alkanes of at least 4 members (excludes halogenated alkanes) is 8. The topological polar surface area (TPSA) is 197 Å². The number of aliphatic carboxylic acids is 1. The molecular formula is C26H53N2O10P. The van der Waals surface area contributed by atoms with Gasteiger partial charge < -0.3 is 34.9 Å². The van der Waals surface area contributed by atoms with Crippen molar-refractivity contribution in [2.75, 3.05) is 41.0 Å². The number of phosphoric acid groups is 1. The first-order chi connectivity index (χ1) is 18.1. The monoisotopic (exact) mass is 584 g/mol. The zero-order chi connectivity index (χ0) is 30.5. The Morgan fingerprint density at radius 2 is 1.46 bits per heavy atom. The van der Waals surface area contributed by atoms with E-state index in [0.29, 0.717) is 6.42 Å². The van der Waals surface area contributed by atoms with E-state index in [0.717, 1.165) is 12.8 Å². The minimum absolute atomic E-state index is 0.0619. The van der Waals surface area contributed by atoms with Crippen LogP contribution in [0.3, 0.4) is 0 Å². The number of quaternary nitrogens is 1. The molecule has 5 N–H and O–H groups in total. The largest absolute Gasteiger partial charge is 0.544 e. The van der Waals surface area contributed by atoms with Gasteiger partial charge in [0.05, 0.1) is 34.4 Å². The molecule has 0 heterocycles. The van der Waals surface area contributed by atoms with Crippen molar-refractivity contribution in [2.24, 2.45) is 11.7 Å². The van der Waals surface area contributed by atoms with E-state index in [4.69, 9.17) is 10.8 Å². The lowest BCUT2D eigenvalue weighted by molar-refractivity contribution is -0.920. The Kier molecular flexibility index (Phi) is 21.5. The first-order valence-electron chi connectivity index (χ1n) is 13.9. The van der Waals surface area contributed by atoms with E-state index >= 15 is 0 Å². The molecule has 39 heavy (non-hydrogen) atoms. The number of carboxylic acids is 1. The summed E-state index contributed by atoms with van der Waals surface area (Å²) in [5.74, 6) is -3.85. The molecule has 232 valence electrons. The van der Waals surface area contributed by atoms with Crippen molar-refractivity contribution in [1.82, 2.24) is 0 Å². The predicted molar refractivity (Wildman–Crippen MR) is 146 cm³/mol. The number of aliphatic hydroxyl groups is 2. The molecule has 3 atom stereocenters. The van der Waals surface area contributed by atoms with Gasteiger partial charge in [0.1, 0.15) is 12.4 Å². The number of hydrogen-bond donors (Lipinski definition) is 4. The van der Waals surface area contributed by atoms with Crippen molar-refractivity contribution in [3.8, 4) is 0 Å². The number of carbonyl (C=O) groups is 3. The molecule has 0 saturated heterocycles. The molecule has 0 spiro atoms. The van der Waals surface area contributed by atoms with Crippen molar-refractivity contribution in [3.63, 3.8) is 0 Å². The van der Waals surface area contributed by atoms with Gasteiger partial charge in [0.25, 0.3) is 0 Å². The van der Waals surface area contributed by atoms with Gasteiger partial charge in [-0.25, -0.2) is 4.57 Å². The summed E-state index contributed by atoms with van der Waals surface area (Å²) in [4.78, 5) is 44.0. The molecule has 0 aromatic carbocycles. The molecule has 3 unspecified atom stereocenters. The molecule has 0 radical (unpaired) electrons. The van der Waals surface area contributed by atoms with E-state index < -0.39 is 44.2 Å². The quantitative estimate of drug-likeness (QED) is 0.0830. The van der Waals surface area contributed by atoms with E-state index in [1.54, 1.807) is 6.92 Å². The Labute approximate surface area is 234 Å². The van der Waals surface area contributed by atoms with Crippen LogP contribution in [0.25, 0.3) is 0 Å². The number of aliphatic hydroxyl groups excluding tert-OH is 2. The summed E-state index contributed by atoms with van der Waals surface area (Å²) in [6.45, 7) is 2.78. The Morgan fingerprint density at radius 1 is 0.949 bits per heavy atom. The average molecular weight is 585 g/mol. The maximum Gasteiger partial charge on any atom is 0.529 e. The van der Waals surface area contributed by atoms with Crippen molar-refractivity contribution in [3.05, 3.63) is 0 Å². The molecular weight excluding hydrogens is 531 g/mol. The summed E-state index contributed by atoms with van der Waals surface area (Å²) in [5.41, 5.74) is 3.18. The van der Waals surface area contributed by atoms with Gasteiger partial charge in [-0.3, -0.25) is 19.0 Å². The van der Waals surface area contributed by atoms with Gasteiger partial charge >= 0.3 is 13.8 Å². The number of phosphoric ester groups is 1. The van der Waals surface area contributed by atoms with Crippen LogP contribution in [0.5, 0.6) is 0 Å². The van der Waals surface area contributed by atoms with Gasteiger partial charge in [0.15, 0.2) is 5.54 Å². The van der Waals surface area contributed by atoms with Crippen LogP contribution in [0.1, 0.15) is 97.3 Å². The van der Waals surface area contributed by atoms with Crippen LogP contribution in [0.2, 0.25) is 0 Å². The van der Waals surface area contributed by atoms with Gasteiger partial charge in [-0.2, -0.15) is 0 Å². The number of hydrogen-bond acceptors (Lipinski definition) is 9. The first kappa shape index (κ1) is 39.6. The third kappa shape index (κ3) is 17.0. The summed E-state index contributed by atoms with van der Waals surface area (Å²) in [6, 6.07) is 0. The van der Waals surface area contributed by atoms with E-state index in [9.17, 15) is 34.1 Å². The Morgan fingerprint density at radius 3 is 1.85 bits per heavy atom. The number of rotatable bonds is 22. The Hall–Kier alpha value is -1.56. The standard InChI is InChI=1S/C14H28NO9P.C12H25NO/c1-5-11(10-17)14(13(19)20,15(2,3)4)9-12(18)24-25(21,22)23-8-6-7-16;1-2-3-4-5-6-7-8-9-10-11-12(13)14/h11,16-17H,5-10H2,1-4H3,(H-,19,20,21,22);2-11H2,1H3,(H2,13,14). The zero-order valence-corrected chi connectivity index (χ0v) is 25.5. The van der Waals surface area contributed by atoms with E-state index in [1.807, 2.05) is 0 Å². The van der Waals surface area contributed by atoms with Gasteiger partial charge in [-0.1, -0.05) is 65.2 Å². The molecule has 0 fully saturated rings. The lowest BCUT2D eigenvalue weighted by Gasteiger charge is -2.50. The second kappa shape index (κ2) is 21.2. The maximum absolute atomic E-state index is 12.1. The molecule has 13 heteroatoms. The van der Waals surface area contributed by atoms with Crippen molar-refractivity contribution in [1.29, 1.82) is 0 Å². The lowest BCUT2D eigenvalue weighted by Crippen LogP contribution is -2.71. The van der Waals surface area contributed by atoms with Crippen LogP contribution in [0.4, 0.5) is 0 Å². The lowest BCUT2D eigenvalue weighted by atomic mass is 9.77. The van der Waals surface area contributed by atoms with E-state index in [2.05, 4.69) is 16.0 Å². The van der Waals surface area contributed by atoms with Crippen LogP contribution in [-0.4, -0.2) is 83.9 Å². The molecule has 0 aromatic heterocycles. The minimum atomic E-state index is -4.74. The fraction of sp³-hybridized carbons (Fsp3) is 0.885. The van der Waals surface area contributed by atoms with Crippen LogP contribution >= 0.6 is 7.82 Å². The average Bonchev–Trinajstić information content (AvgIpc) is 2.82. The molecule has 0 aliphatic rings. The number of carbonyl (C=O) groups excluding carboxylic acids is 3. The van der Waals surface area contributed by atoms with Crippen LogP contribution in [-0.2, 0) is 28.0 Å². The number of carboxylic acid groups (broad SMARTS) is 1. The molecule has 0 aliphatic carbocycles. The second-order valence-electron chi connectivity index (χ2n) is 10.6. The van der Waals surface area contributed by atoms with Gasteiger partial charge in [-0.05, 0) is 19.3 Å². The highest BCUT2D eigenvalue weighted by atomic mass is 31.2. The van der Waals surface area contributed by atoms with Crippen molar-refractivity contribution in [2.45, 2.75) is 103 Å². The summed E-state index contributed by atoms with van der Waals surface area (Å²) in [7, 11) is -0.203.